The van der Waals surface area contributed by atoms with Crippen LogP contribution in [-0.4, -0.2) is 156 Å². The first kappa shape index (κ1) is 67.7. The number of carbonyl (C=O) groups is 6. The van der Waals surface area contributed by atoms with Crippen LogP contribution in [0.4, 0.5) is 19.0 Å². The number of aromatic nitrogens is 6. The standard InChI is InChI=1S/C54H64F2N16O16S3/c1-51(2)41(63-43(73)39(37-25-89-49(59)61-37)65-85-53(5,47(77)78)27-83-31-11-13-33(35(55)19-31)29-21-67(7)69(23-29)17-9-15-57)45(75)71(51)87-91(81,82)88-72-46(76)42(52(72,3)4)64-44(74)40(38-26-90-50(60)62-38)66-86-54(6,48(79)80)28-84-32-12-14-34(36(56)20-32)30-22-68(8)70(24-30)18-10-16-58/h11-14,19-26,41-42H,9-10,15-18,27-28,57-58H2,1-8H3,(H6-2,59,60,61,62,63,64,73,74,77,78,79,80)/p+2/b65-39-,66-40-/t41-,42-,53+,54+/m1/s1. The van der Waals surface area contributed by atoms with Gasteiger partial charge < -0.3 is 62.9 Å². The first-order valence-electron chi connectivity index (χ1n) is 27.5. The molecule has 6 heterocycles. The Bertz CT molecular complexity index is 3740. The third kappa shape index (κ3) is 14.7. The Balaban J connectivity index is 0.888. The van der Waals surface area contributed by atoms with Crippen molar-refractivity contribution >= 4 is 90.3 Å². The lowest BCUT2D eigenvalue weighted by Crippen LogP contribution is -2.78. The molecule has 8 rings (SSSR count). The molecule has 0 unspecified atom stereocenters. The number of halogens is 2. The summed E-state index contributed by atoms with van der Waals surface area (Å²) in [6.07, 6.45) is 8.33. The molecule has 37 heteroatoms. The van der Waals surface area contributed by atoms with Gasteiger partial charge in [-0.15, -0.1) is 40.6 Å². The summed E-state index contributed by atoms with van der Waals surface area (Å²) in [4.78, 5) is 99.5. The molecule has 0 radical (unpaired) electrons. The van der Waals surface area contributed by atoms with Gasteiger partial charge >= 0.3 is 22.3 Å². The van der Waals surface area contributed by atoms with Crippen molar-refractivity contribution in [1.29, 1.82) is 0 Å². The van der Waals surface area contributed by atoms with Gasteiger partial charge in [-0.3, -0.25) is 19.2 Å². The highest BCUT2D eigenvalue weighted by atomic mass is 32.3. The molecular formula is C54H66F2N16O16S3+2. The third-order valence-electron chi connectivity index (χ3n) is 14.5. The highest BCUT2D eigenvalue weighted by molar-refractivity contribution is 7.81. The second-order valence-electron chi connectivity index (χ2n) is 22.3. The predicted molar refractivity (Wildman–Crippen MR) is 318 cm³/mol. The Hall–Kier alpha value is -9.27. The maximum Gasteiger partial charge on any atom is 0.442 e. The van der Waals surface area contributed by atoms with Crippen molar-refractivity contribution in [3.8, 4) is 33.8 Å². The Labute approximate surface area is 525 Å². The van der Waals surface area contributed by atoms with Crippen LogP contribution >= 0.6 is 22.7 Å². The number of carboxylic acid groups (broad SMARTS) is 2. The number of carbonyl (C=O) groups excluding carboxylic acids is 4. The Morgan fingerprint density at radius 3 is 1.37 bits per heavy atom. The molecule has 2 aliphatic rings. The summed E-state index contributed by atoms with van der Waals surface area (Å²) in [5.74, 6) is -9.52. The molecule has 12 N–H and O–H groups in total. The summed E-state index contributed by atoms with van der Waals surface area (Å²) in [5.41, 5.74) is 14.5. The molecular weight excluding hydrogens is 1260 g/mol. The van der Waals surface area contributed by atoms with Gasteiger partial charge in [0.15, 0.2) is 35.8 Å². The number of nitrogens with one attached hydrogen (secondary N) is 2. The summed E-state index contributed by atoms with van der Waals surface area (Å²) < 4.78 is 86.5. The van der Waals surface area contributed by atoms with Gasteiger partial charge in [0.05, 0.1) is 47.7 Å². The molecule has 4 atom stereocenters. The number of nitrogens with zero attached hydrogens (tertiary/aromatic N) is 10. The van der Waals surface area contributed by atoms with Gasteiger partial charge in [-0.1, -0.05) is 10.3 Å². The number of aryl methyl sites for hydroxylation is 4. The number of thiazole rings is 2. The summed E-state index contributed by atoms with van der Waals surface area (Å²) in [6, 6.07) is 4.64. The van der Waals surface area contributed by atoms with Crippen LogP contribution in [0.2, 0.25) is 0 Å². The minimum atomic E-state index is -5.42. The van der Waals surface area contributed by atoms with Crippen molar-refractivity contribution in [3.63, 3.8) is 0 Å². The molecule has 488 valence electrons. The molecule has 2 saturated heterocycles. The van der Waals surface area contributed by atoms with Gasteiger partial charge in [-0.25, -0.2) is 28.3 Å². The molecule has 0 aliphatic carbocycles. The second-order valence-corrected chi connectivity index (χ2v) is 25.2. The van der Waals surface area contributed by atoms with E-state index in [9.17, 15) is 47.4 Å². The lowest BCUT2D eigenvalue weighted by atomic mass is 9.84. The van der Waals surface area contributed by atoms with Gasteiger partial charge in [0.25, 0.3) is 34.8 Å². The van der Waals surface area contributed by atoms with Crippen LogP contribution in [0.5, 0.6) is 11.5 Å². The summed E-state index contributed by atoms with van der Waals surface area (Å²) in [6.45, 7) is 7.77. The van der Waals surface area contributed by atoms with E-state index in [1.54, 1.807) is 48.2 Å². The minimum absolute atomic E-state index is 0.0576. The fraction of sp³-hybridized carbons (Fsp3) is 0.407. The van der Waals surface area contributed by atoms with Crippen LogP contribution in [0.25, 0.3) is 22.3 Å². The predicted octanol–water partition coefficient (Wildman–Crippen LogP) is 0.631. The Kier molecular flexibility index (Phi) is 19.8. The van der Waals surface area contributed by atoms with E-state index in [1.807, 2.05) is 9.36 Å². The molecule has 0 saturated carbocycles. The van der Waals surface area contributed by atoms with E-state index >= 15 is 8.78 Å². The molecule has 2 fully saturated rings. The molecule has 91 heavy (non-hydrogen) atoms. The Morgan fingerprint density at radius 1 is 0.692 bits per heavy atom. The number of β-lactam (4-membered cyclic amide) rings is 2. The van der Waals surface area contributed by atoms with Crippen LogP contribution < -0.4 is 52.4 Å². The minimum Gasteiger partial charge on any atom is -0.489 e. The number of carboxylic acids is 2. The third-order valence-corrected chi connectivity index (χ3v) is 16.5. The first-order chi connectivity index (χ1) is 42.7. The number of rotatable bonds is 30. The largest absolute Gasteiger partial charge is 0.489 e. The Morgan fingerprint density at radius 2 is 1.07 bits per heavy atom. The number of amides is 4. The molecule has 4 amide bonds. The normalized spacial score (nSPS) is 17.7. The molecule has 0 spiro atoms. The van der Waals surface area contributed by atoms with E-state index in [-0.39, 0.29) is 44.3 Å². The molecule has 32 nitrogen and oxygen atoms in total. The topological polar surface area (TPSA) is 435 Å². The SMILES string of the molecule is C[n+]1cc(-c2ccc(OC[C@](C)(O/N=C(\C(=O)N[C@@H]3C(=O)N(OS(=O)(=O)ON4C(=O)[C@@H](NC(=O)/C(=N\O[C@@](C)(COc5ccc(-c6cn(CCCN)[n+](C)c6)c(F)c5)C(=O)O)c5csc(N)n5)C4(C)C)C3(C)C)c3csc(N)n3)C(=O)O)cc2F)cn1CCCN. The highest BCUT2D eigenvalue weighted by Gasteiger charge is 2.61. The first-order valence-corrected chi connectivity index (χ1v) is 30.5. The monoisotopic (exact) mass is 1330 g/mol. The number of hydroxylamine groups is 4. The van der Waals surface area contributed by atoms with E-state index in [2.05, 4.69) is 30.9 Å². The van der Waals surface area contributed by atoms with Crippen molar-refractivity contribution in [1.82, 2.24) is 40.1 Å². The molecule has 0 bridgehead atoms. The number of benzene rings is 2. The highest BCUT2D eigenvalue weighted by Crippen LogP contribution is 2.37. The van der Waals surface area contributed by atoms with Crippen molar-refractivity contribution in [3.05, 3.63) is 95.0 Å². The van der Waals surface area contributed by atoms with Crippen LogP contribution in [0.1, 0.15) is 65.8 Å². The maximum absolute atomic E-state index is 15.5. The van der Waals surface area contributed by atoms with Crippen LogP contribution in [0.15, 0.2) is 82.3 Å². The number of anilines is 2. The van der Waals surface area contributed by atoms with Gasteiger partial charge in [-0.2, -0.15) is 27.9 Å². The van der Waals surface area contributed by atoms with Crippen LogP contribution in [0, 0.1) is 11.6 Å². The lowest BCUT2D eigenvalue weighted by molar-refractivity contribution is -0.753. The summed E-state index contributed by atoms with van der Waals surface area (Å²) >= 11 is 1.73. The fourth-order valence-electron chi connectivity index (χ4n) is 9.03. The average molecular weight is 1330 g/mol. The van der Waals surface area contributed by atoms with E-state index in [0.717, 1.165) is 48.7 Å². The van der Waals surface area contributed by atoms with Crippen LogP contribution in [-0.2, 0) is 84.6 Å². The molecule has 6 aromatic rings. The zero-order valence-corrected chi connectivity index (χ0v) is 52.6. The number of oxime groups is 2. The number of ether oxygens (including phenoxy) is 2. The maximum atomic E-state index is 15.5. The molecule has 4 aromatic heterocycles. The lowest BCUT2D eigenvalue weighted by Gasteiger charge is -2.52. The van der Waals surface area contributed by atoms with Crippen molar-refractivity contribution in [2.24, 2.45) is 35.9 Å². The number of nitrogens with two attached hydrogens (primary N) is 4. The molecule has 2 aliphatic heterocycles. The van der Waals surface area contributed by atoms with Crippen LogP contribution in [0.3, 0.4) is 0 Å². The van der Waals surface area contributed by atoms with Gasteiger partial charge in [-0.05, 0) is 91.7 Å². The van der Waals surface area contributed by atoms with Gasteiger partial charge in [0.1, 0.15) is 59.8 Å². The smallest absolute Gasteiger partial charge is 0.442 e. The van der Waals surface area contributed by atoms with Crippen molar-refractivity contribution in [2.45, 2.75) is 102 Å². The number of nitrogen functional groups attached to an aromatic ring is 2. The summed E-state index contributed by atoms with van der Waals surface area (Å²) in [7, 11) is -1.84. The number of hydrogen-bond acceptors (Lipinski definition) is 24. The van der Waals surface area contributed by atoms with E-state index in [4.69, 9.17) is 50.7 Å². The van der Waals surface area contributed by atoms with Gasteiger partial charge in [0, 0.05) is 34.0 Å². The zero-order valence-electron chi connectivity index (χ0n) is 50.1. The summed E-state index contributed by atoms with van der Waals surface area (Å²) in [5, 5.41) is 36.0. The fourth-order valence-corrected chi connectivity index (χ4v) is 11.0. The van der Waals surface area contributed by atoms with E-state index < -0.39 is 117 Å². The molecule has 2 aromatic carbocycles. The number of aliphatic carboxylic acids is 2. The van der Waals surface area contributed by atoms with Gasteiger partial charge in [0.2, 0.25) is 12.4 Å². The van der Waals surface area contributed by atoms with E-state index in [0.29, 0.717) is 60.3 Å². The van der Waals surface area contributed by atoms with Crippen molar-refractivity contribution in [2.75, 3.05) is 37.8 Å². The quantitative estimate of drug-likeness (QED) is 0.0133. The van der Waals surface area contributed by atoms with E-state index in [1.165, 1.54) is 62.7 Å². The zero-order chi connectivity index (χ0) is 66.7. The van der Waals surface area contributed by atoms with Crippen molar-refractivity contribution < 1.29 is 93.3 Å². The average Bonchev–Trinajstić information content (AvgIpc) is 1.22. The second kappa shape index (κ2) is 26.7. The number of hydrogen-bond donors (Lipinski definition) is 8.